The molecule has 0 spiro atoms. The topological polar surface area (TPSA) is 9.23 Å². The zero-order chi connectivity index (χ0) is 16.1. The van der Waals surface area contributed by atoms with Gasteiger partial charge in [0.05, 0.1) is 7.11 Å². The molecule has 0 unspecified atom stereocenters. The van der Waals surface area contributed by atoms with Crippen LogP contribution in [0.15, 0.2) is 66.7 Å². The highest BCUT2D eigenvalue weighted by atomic mass is 16.5. The molecule has 0 saturated carbocycles. The van der Waals surface area contributed by atoms with E-state index in [9.17, 15) is 0 Å². The standard InChI is InChI=1S/C7H8O.C6H6.3C2H6/c1-8-7-5-3-2-4-6-7;1-2-4-6-5-3-1;3*1-2/h2-6H,1H3;1-6H;3*1-2H3. The maximum atomic E-state index is 4.91. The minimum Gasteiger partial charge on any atom is -0.497 e. The SMILES string of the molecule is CC.CC.CC.COc1ccccc1.c1ccccc1. The van der Waals surface area contributed by atoms with E-state index in [0.717, 1.165) is 5.75 Å². The summed E-state index contributed by atoms with van der Waals surface area (Å²) in [5.74, 6) is 0.910. The summed E-state index contributed by atoms with van der Waals surface area (Å²) in [5.41, 5.74) is 0. The minimum atomic E-state index is 0.910. The summed E-state index contributed by atoms with van der Waals surface area (Å²) in [6.45, 7) is 12.0. The first kappa shape index (κ1) is 23.3. The normalized spacial score (nSPS) is 6.75. The predicted molar refractivity (Wildman–Crippen MR) is 93.5 cm³/mol. The van der Waals surface area contributed by atoms with Crippen LogP contribution < -0.4 is 4.74 Å². The number of hydrogen-bond donors (Lipinski definition) is 0. The van der Waals surface area contributed by atoms with Crippen LogP contribution in [0.25, 0.3) is 0 Å². The molecule has 0 aliphatic rings. The molecule has 20 heavy (non-hydrogen) atoms. The summed E-state index contributed by atoms with van der Waals surface area (Å²) in [4.78, 5) is 0. The van der Waals surface area contributed by atoms with E-state index < -0.39 is 0 Å². The smallest absolute Gasteiger partial charge is 0.118 e. The van der Waals surface area contributed by atoms with Gasteiger partial charge in [0.2, 0.25) is 0 Å². The van der Waals surface area contributed by atoms with Crippen molar-refractivity contribution in [2.75, 3.05) is 7.11 Å². The van der Waals surface area contributed by atoms with Crippen molar-refractivity contribution in [1.29, 1.82) is 0 Å². The highest BCUT2D eigenvalue weighted by Gasteiger charge is 1.80. The Kier molecular flexibility index (Phi) is 30.3. The van der Waals surface area contributed by atoms with Crippen LogP contribution in [-0.2, 0) is 0 Å². The van der Waals surface area contributed by atoms with E-state index in [4.69, 9.17) is 4.74 Å². The first-order valence-electron chi connectivity index (χ1n) is 7.52. The van der Waals surface area contributed by atoms with Gasteiger partial charge in [-0.05, 0) is 12.1 Å². The number of methoxy groups -OCH3 is 1. The van der Waals surface area contributed by atoms with E-state index in [1.165, 1.54) is 0 Å². The van der Waals surface area contributed by atoms with E-state index in [-0.39, 0.29) is 0 Å². The van der Waals surface area contributed by atoms with E-state index in [1.807, 2.05) is 108 Å². The van der Waals surface area contributed by atoms with Crippen LogP contribution in [0.1, 0.15) is 41.5 Å². The third-order valence-corrected chi connectivity index (χ3v) is 1.65. The average Bonchev–Trinajstić information content (AvgIpc) is 2.63. The number of hydrogen-bond acceptors (Lipinski definition) is 1. The lowest BCUT2D eigenvalue weighted by Crippen LogP contribution is -1.78. The molecule has 2 rings (SSSR count). The van der Waals surface area contributed by atoms with Crippen LogP contribution in [0.3, 0.4) is 0 Å². The summed E-state index contributed by atoms with van der Waals surface area (Å²) >= 11 is 0. The van der Waals surface area contributed by atoms with Gasteiger partial charge in [-0.2, -0.15) is 0 Å². The largest absolute Gasteiger partial charge is 0.497 e. The van der Waals surface area contributed by atoms with Crippen molar-refractivity contribution in [3.8, 4) is 5.75 Å². The van der Waals surface area contributed by atoms with Crippen molar-refractivity contribution in [2.45, 2.75) is 41.5 Å². The molecule has 1 heteroatoms. The molecule has 114 valence electrons. The van der Waals surface area contributed by atoms with Crippen LogP contribution in [0.5, 0.6) is 5.75 Å². The second-order valence-corrected chi connectivity index (χ2v) is 2.67. The van der Waals surface area contributed by atoms with Gasteiger partial charge in [-0.25, -0.2) is 0 Å². The average molecular weight is 276 g/mol. The molecule has 0 amide bonds. The van der Waals surface area contributed by atoms with Crippen LogP contribution in [0.2, 0.25) is 0 Å². The molecule has 0 saturated heterocycles. The van der Waals surface area contributed by atoms with Gasteiger partial charge in [0.25, 0.3) is 0 Å². The first-order valence-corrected chi connectivity index (χ1v) is 7.52. The van der Waals surface area contributed by atoms with E-state index >= 15 is 0 Å². The Morgan fingerprint density at radius 2 is 0.750 bits per heavy atom. The molecule has 2 aromatic carbocycles. The zero-order valence-electron chi connectivity index (χ0n) is 14.3. The van der Waals surface area contributed by atoms with Crippen molar-refractivity contribution in [1.82, 2.24) is 0 Å². The van der Waals surface area contributed by atoms with E-state index in [0.29, 0.717) is 0 Å². The van der Waals surface area contributed by atoms with E-state index in [1.54, 1.807) is 7.11 Å². The van der Waals surface area contributed by atoms with E-state index in [2.05, 4.69) is 0 Å². The lowest BCUT2D eigenvalue weighted by molar-refractivity contribution is 0.415. The highest BCUT2D eigenvalue weighted by Crippen LogP contribution is 2.05. The summed E-state index contributed by atoms with van der Waals surface area (Å²) < 4.78 is 4.91. The number of para-hydroxylation sites is 1. The molecule has 0 atom stereocenters. The lowest BCUT2D eigenvalue weighted by Gasteiger charge is -1.93. The van der Waals surface area contributed by atoms with Gasteiger partial charge in [-0.3, -0.25) is 0 Å². The fourth-order valence-corrected chi connectivity index (χ4v) is 0.941. The fourth-order valence-electron chi connectivity index (χ4n) is 0.941. The summed E-state index contributed by atoms with van der Waals surface area (Å²) in [6, 6.07) is 21.7. The maximum Gasteiger partial charge on any atom is 0.118 e. The summed E-state index contributed by atoms with van der Waals surface area (Å²) in [7, 11) is 1.66. The Morgan fingerprint density at radius 3 is 0.950 bits per heavy atom. The van der Waals surface area contributed by atoms with Crippen LogP contribution in [0.4, 0.5) is 0 Å². The van der Waals surface area contributed by atoms with Gasteiger partial charge in [0, 0.05) is 0 Å². The quantitative estimate of drug-likeness (QED) is 0.580. The van der Waals surface area contributed by atoms with Crippen molar-refractivity contribution >= 4 is 0 Å². The molecule has 0 radical (unpaired) electrons. The van der Waals surface area contributed by atoms with Gasteiger partial charge in [0.1, 0.15) is 5.75 Å². The zero-order valence-corrected chi connectivity index (χ0v) is 14.3. The van der Waals surface area contributed by atoms with Crippen molar-refractivity contribution in [2.24, 2.45) is 0 Å². The van der Waals surface area contributed by atoms with Crippen LogP contribution in [-0.4, -0.2) is 7.11 Å². The molecule has 0 N–H and O–H groups in total. The Hall–Kier alpha value is -1.76. The molecule has 0 heterocycles. The Bertz CT molecular complexity index is 289. The van der Waals surface area contributed by atoms with Crippen LogP contribution >= 0.6 is 0 Å². The van der Waals surface area contributed by atoms with Gasteiger partial charge in [-0.1, -0.05) is 96.1 Å². The van der Waals surface area contributed by atoms with Gasteiger partial charge in [-0.15, -0.1) is 0 Å². The third-order valence-electron chi connectivity index (χ3n) is 1.65. The molecule has 0 aliphatic carbocycles. The Morgan fingerprint density at radius 1 is 0.500 bits per heavy atom. The Balaban J connectivity index is -0.000000215. The second kappa shape index (κ2) is 25.9. The van der Waals surface area contributed by atoms with Crippen molar-refractivity contribution < 1.29 is 4.74 Å². The molecular formula is C19H32O. The molecule has 0 bridgehead atoms. The summed E-state index contributed by atoms with van der Waals surface area (Å²) in [5, 5.41) is 0. The molecular weight excluding hydrogens is 244 g/mol. The number of benzene rings is 2. The number of rotatable bonds is 1. The fraction of sp³-hybridized carbons (Fsp3) is 0.368. The van der Waals surface area contributed by atoms with Gasteiger partial charge >= 0.3 is 0 Å². The van der Waals surface area contributed by atoms with Crippen LogP contribution in [0, 0.1) is 0 Å². The second-order valence-electron chi connectivity index (χ2n) is 2.67. The summed E-state index contributed by atoms with van der Waals surface area (Å²) in [6.07, 6.45) is 0. The molecule has 1 nitrogen and oxygen atoms in total. The van der Waals surface area contributed by atoms with Crippen molar-refractivity contribution in [3.63, 3.8) is 0 Å². The predicted octanol–water partition coefficient (Wildman–Crippen LogP) is 6.46. The highest BCUT2D eigenvalue weighted by molar-refractivity contribution is 5.20. The minimum absolute atomic E-state index is 0.910. The van der Waals surface area contributed by atoms with Gasteiger partial charge < -0.3 is 4.74 Å². The van der Waals surface area contributed by atoms with Crippen molar-refractivity contribution in [3.05, 3.63) is 66.7 Å². The lowest BCUT2D eigenvalue weighted by atomic mass is 10.3. The first-order chi connectivity index (χ1) is 9.93. The number of ether oxygens (including phenoxy) is 1. The monoisotopic (exact) mass is 276 g/mol. The van der Waals surface area contributed by atoms with Gasteiger partial charge in [0.15, 0.2) is 0 Å². The molecule has 2 aromatic rings. The Labute approximate surface area is 126 Å². The molecule has 0 aliphatic heterocycles. The molecule has 0 aromatic heterocycles. The molecule has 0 fully saturated rings. The maximum absolute atomic E-state index is 4.91. The third kappa shape index (κ3) is 18.6.